The molecular weight excluding hydrogens is 150 g/mol. The molecular formula is C10H15NO. The first-order chi connectivity index (χ1) is 5.89. The second-order valence-corrected chi connectivity index (χ2v) is 4.29. The van der Waals surface area contributed by atoms with E-state index in [2.05, 4.69) is 11.4 Å². The third kappa shape index (κ3) is 0.789. The zero-order valence-electron chi connectivity index (χ0n) is 7.25. The molecule has 0 aromatic carbocycles. The molecule has 3 aliphatic heterocycles. The van der Waals surface area contributed by atoms with Gasteiger partial charge in [0.25, 0.3) is 0 Å². The number of nitrogens with one attached hydrogen (secondary N) is 1. The molecule has 0 aliphatic carbocycles. The van der Waals surface area contributed by atoms with Crippen LogP contribution in [0.5, 0.6) is 0 Å². The van der Waals surface area contributed by atoms with Gasteiger partial charge in [0.15, 0.2) is 0 Å². The van der Waals surface area contributed by atoms with Crippen LogP contribution in [0.2, 0.25) is 0 Å². The maximum atomic E-state index is 5.77. The van der Waals surface area contributed by atoms with Gasteiger partial charge in [0.05, 0.1) is 6.26 Å². The molecule has 3 heterocycles. The summed E-state index contributed by atoms with van der Waals surface area (Å²) in [5.74, 6) is 0. The summed E-state index contributed by atoms with van der Waals surface area (Å²) < 4.78 is 5.77. The third-order valence-electron chi connectivity index (χ3n) is 3.65. The Labute approximate surface area is 73.0 Å². The van der Waals surface area contributed by atoms with Crippen molar-refractivity contribution in [2.75, 3.05) is 0 Å². The van der Waals surface area contributed by atoms with Gasteiger partial charge in [-0.05, 0) is 31.8 Å². The van der Waals surface area contributed by atoms with Gasteiger partial charge in [-0.15, -0.1) is 0 Å². The number of hydrogen-bond donors (Lipinski definition) is 1. The fourth-order valence-electron chi connectivity index (χ4n) is 2.92. The first-order valence-corrected chi connectivity index (χ1v) is 4.98. The van der Waals surface area contributed by atoms with Crippen molar-refractivity contribution >= 4 is 0 Å². The number of fused-ring (bicyclic) bond motifs is 3. The normalized spacial score (nSPS) is 50.0. The van der Waals surface area contributed by atoms with Crippen LogP contribution < -0.4 is 5.32 Å². The van der Waals surface area contributed by atoms with E-state index in [9.17, 15) is 0 Å². The molecule has 1 spiro atoms. The summed E-state index contributed by atoms with van der Waals surface area (Å²) in [6, 6.07) is 1.43. The summed E-state index contributed by atoms with van der Waals surface area (Å²) in [5, 5.41) is 3.66. The molecule has 2 saturated heterocycles. The highest BCUT2D eigenvalue weighted by molar-refractivity contribution is 5.10. The number of hydrogen-bond acceptors (Lipinski definition) is 2. The quantitative estimate of drug-likeness (QED) is 0.588. The molecule has 3 aliphatic rings. The molecule has 0 aromatic heterocycles. The van der Waals surface area contributed by atoms with Crippen LogP contribution in [0.1, 0.15) is 32.1 Å². The number of piperidine rings is 1. The molecule has 2 nitrogen and oxygen atoms in total. The van der Waals surface area contributed by atoms with E-state index in [1.807, 2.05) is 6.26 Å². The molecule has 3 atom stereocenters. The van der Waals surface area contributed by atoms with Crippen molar-refractivity contribution < 1.29 is 4.74 Å². The second-order valence-electron chi connectivity index (χ2n) is 4.29. The van der Waals surface area contributed by atoms with Gasteiger partial charge < -0.3 is 10.1 Å². The first kappa shape index (κ1) is 6.96. The van der Waals surface area contributed by atoms with Gasteiger partial charge in [-0.2, -0.15) is 0 Å². The number of rotatable bonds is 0. The fraction of sp³-hybridized carbons (Fsp3) is 0.800. The maximum absolute atomic E-state index is 5.77. The molecule has 2 fully saturated rings. The summed E-state index contributed by atoms with van der Waals surface area (Å²) >= 11 is 0. The van der Waals surface area contributed by atoms with Gasteiger partial charge in [0.2, 0.25) is 0 Å². The molecule has 0 amide bonds. The Kier molecular flexibility index (Phi) is 1.31. The van der Waals surface area contributed by atoms with Crippen molar-refractivity contribution in [3.05, 3.63) is 12.3 Å². The zero-order valence-corrected chi connectivity index (χ0v) is 7.25. The van der Waals surface area contributed by atoms with Gasteiger partial charge in [-0.25, -0.2) is 0 Å². The third-order valence-corrected chi connectivity index (χ3v) is 3.65. The van der Waals surface area contributed by atoms with Crippen LogP contribution in [0, 0.1) is 0 Å². The summed E-state index contributed by atoms with van der Waals surface area (Å²) in [5.41, 5.74) is 0.160. The maximum Gasteiger partial charge on any atom is 0.127 e. The molecule has 66 valence electrons. The van der Waals surface area contributed by atoms with Crippen LogP contribution in [-0.2, 0) is 4.74 Å². The minimum absolute atomic E-state index is 0.160. The molecule has 3 rings (SSSR count). The molecule has 2 heteroatoms. The average Bonchev–Trinajstić information content (AvgIpc) is 2.64. The Morgan fingerprint density at radius 2 is 2.33 bits per heavy atom. The van der Waals surface area contributed by atoms with E-state index >= 15 is 0 Å². The summed E-state index contributed by atoms with van der Waals surface area (Å²) in [7, 11) is 0. The van der Waals surface area contributed by atoms with E-state index in [-0.39, 0.29) is 5.60 Å². The van der Waals surface area contributed by atoms with Crippen LogP contribution in [0.3, 0.4) is 0 Å². The predicted octanol–water partition coefficient (Wildman–Crippen LogP) is 1.57. The Morgan fingerprint density at radius 3 is 3.17 bits per heavy atom. The van der Waals surface area contributed by atoms with Crippen LogP contribution in [0.25, 0.3) is 0 Å². The molecule has 2 bridgehead atoms. The molecule has 0 radical (unpaired) electrons. The van der Waals surface area contributed by atoms with Crippen molar-refractivity contribution in [2.24, 2.45) is 0 Å². The largest absolute Gasteiger partial charge is 0.493 e. The van der Waals surface area contributed by atoms with Gasteiger partial charge >= 0.3 is 0 Å². The lowest BCUT2D eigenvalue weighted by Crippen LogP contribution is -2.53. The fourth-order valence-corrected chi connectivity index (χ4v) is 2.92. The van der Waals surface area contributed by atoms with E-state index in [4.69, 9.17) is 4.74 Å². The van der Waals surface area contributed by atoms with Crippen molar-refractivity contribution in [1.29, 1.82) is 0 Å². The van der Waals surface area contributed by atoms with Crippen LogP contribution in [0.4, 0.5) is 0 Å². The second kappa shape index (κ2) is 2.25. The van der Waals surface area contributed by atoms with E-state index in [1.165, 1.54) is 25.7 Å². The standard InChI is InChI=1S/C10H15NO/c1-5-10(12-7-1)6-4-8-2-3-9(10)11-8/h1,7-9,11H,2-6H2. The summed E-state index contributed by atoms with van der Waals surface area (Å²) in [4.78, 5) is 0. The Hall–Kier alpha value is -0.500. The monoisotopic (exact) mass is 165 g/mol. The highest BCUT2D eigenvalue weighted by Crippen LogP contribution is 2.41. The minimum atomic E-state index is 0.160. The van der Waals surface area contributed by atoms with Gasteiger partial charge in [0.1, 0.15) is 5.60 Å². The SMILES string of the molecule is C1=COC2(C1)CCC1CCC2N1. The van der Waals surface area contributed by atoms with Crippen molar-refractivity contribution in [1.82, 2.24) is 5.32 Å². The van der Waals surface area contributed by atoms with E-state index < -0.39 is 0 Å². The van der Waals surface area contributed by atoms with Crippen molar-refractivity contribution in [3.8, 4) is 0 Å². The topological polar surface area (TPSA) is 21.3 Å². The van der Waals surface area contributed by atoms with Gasteiger partial charge in [-0.1, -0.05) is 0 Å². The lowest BCUT2D eigenvalue weighted by molar-refractivity contribution is -0.0116. The highest BCUT2D eigenvalue weighted by atomic mass is 16.5. The summed E-state index contributed by atoms with van der Waals surface area (Å²) in [6.07, 6.45) is 10.4. The van der Waals surface area contributed by atoms with Crippen LogP contribution >= 0.6 is 0 Å². The van der Waals surface area contributed by atoms with Gasteiger partial charge in [0, 0.05) is 18.5 Å². The van der Waals surface area contributed by atoms with Crippen molar-refractivity contribution in [2.45, 2.75) is 49.8 Å². The van der Waals surface area contributed by atoms with Gasteiger partial charge in [-0.3, -0.25) is 0 Å². The Morgan fingerprint density at radius 1 is 1.33 bits per heavy atom. The molecule has 3 unspecified atom stereocenters. The minimum Gasteiger partial charge on any atom is -0.493 e. The number of ether oxygens (including phenoxy) is 1. The van der Waals surface area contributed by atoms with E-state index in [1.54, 1.807) is 0 Å². The first-order valence-electron chi connectivity index (χ1n) is 4.98. The predicted molar refractivity (Wildman–Crippen MR) is 46.8 cm³/mol. The highest BCUT2D eigenvalue weighted by Gasteiger charge is 2.48. The summed E-state index contributed by atoms with van der Waals surface area (Å²) in [6.45, 7) is 0. The molecule has 12 heavy (non-hydrogen) atoms. The van der Waals surface area contributed by atoms with E-state index in [0.717, 1.165) is 12.5 Å². The lowest BCUT2D eigenvalue weighted by atomic mass is 9.85. The smallest absolute Gasteiger partial charge is 0.127 e. The average molecular weight is 165 g/mol. The molecule has 1 N–H and O–H groups in total. The van der Waals surface area contributed by atoms with Crippen molar-refractivity contribution in [3.63, 3.8) is 0 Å². The van der Waals surface area contributed by atoms with Crippen LogP contribution in [0.15, 0.2) is 12.3 Å². The molecule has 0 aromatic rings. The lowest BCUT2D eigenvalue weighted by Gasteiger charge is -2.39. The molecule has 0 saturated carbocycles. The zero-order chi connectivity index (χ0) is 8.02. The van der Waals surface area contributed by atoms with Crippen LogP contribution in [-0.4, -0.2) is 17.7 Å². The van der Waals surface area contributed by atoms with E-state index in [0.29, 0.717) is 6.04 Å². The Bertz CT molecular complexity index is 216. The Balaban J connectivity index is 1.86.